The molecule has 2 atom stereocenters. The topological polar surface area (TPSA) is 89.1 Å². The van der Waals surface area contributed by atoms with Crippen molar-refractivity contribution in [3.8, 4) is 0 Å². The van der Waals surface area contributed by atoms with Crippen molar-refractivity contribution in [3.05, 3.63) is 11.4 Å². The zero-order valence-electron chi connectivity index (χ0n) is 14.2. The first-order valence-electron chi connectivity index (χ1n) is 8.77. The summed E-state index contributed by atoms with van der Waals surface area (Å²) >= 11 is 0. The van der Waals surface area contributed by atoms with E-state index in [0.29, 0.717) is 24.2 Å². The molecule has 0 unspecified atom stereocenters. The van der Waals surface area contributed by atoms with E-state index >= 15 is 0 Å². The summed E-state index contributed by atoms with van der Waals surface area (Å²) < 4.78 is 1.94. The Kier molecular flexibility index (Phi) is 4.96. The lowest BCUT2D eigenvalue weighted by atomic mass is 9.90. The summed E-state index contributed by atoms with van der Waals surface area (Å²) in [6.07, 6.45) is 4.23. The van der Waals surface area contributed by atoms with Gasteiger partial charge in [0.1, 0.15) is 0 Å². The van der Waals surface area contributed by atoms with Crippen molar-refractivity contribution in [3.63, 3.8) is 0 Å². The molecule has 2 saturated heterocycles. The van der Waals surface area contributed by atoms with Crippen molar-refractivity contribution >= 4 is 5.91 Å². The molecule has 2 aliphatic rings. The van der Waals surface area contributed by atoms with Crippen molar-refractivity contribution < 1.29 is 4.79 Å². The first kappa shape index (κ1) is 16.4. The average Bonchev–Trinajstić information content (AvgIpc) is 2.96. The number of likely N-dealkylation sites (tertiary alicyclic amines) is 1. The lowest BCUT2D eigenvalue weighted by Gasteiger charge is -2.39. The molecule has 0 bridgehead atoms. The molecule has 0 aliphatic carbocycles. The smallest absolute Gasteiger partial charge is 0.276 e. The highest BCUT2D eigenvalue weighted by Crippen LogP contribution is 2.26. The van der Waals surface area contributed by atoms with Crippen molar-refractivity contribution in [2.75, 3.05) is 26.2 Å². The summed E-state index contributed by atoms with van der Waals surface area (Å²) in [6, 6.07) is 0.454. The highest BCUT2D eigenvalue weighted by atomic mass is 16.2. The largest absolute Gasteiger partial charge is 0.333 e. The Labute approximate surface area is 137 Å². The van der Waals surface area contributed by atoms with Crippen LogP contribution in [0.2, 0.25) is 0 Å². The molecule has 1 aromatic rings. The Morgan fingerprint density at radius 2 is 2.09 bits per heavy atom. The summed E-state index contributed by atoms with van der Waals surface area (Å²) in [4.78, 5) is 14.9. The second kappa shape index (κ2) is 6.97. The number of amides is 1. The lowest BCUT2D eigenvalue weighted by Crippen LogP contribution is -2.51. The number of nitrogens with two attached hydrogens (primary N) is 1. The lowest BCUT2D eigenvalue weighted by molar-refractivity contribution is 0.0525. The van der Waals surface area contributed by atoms with Crippen LogP contribution in [0, 0.1) is 12.8 Å². The number of nitrogens with zero attached hydrogens (tertiary/aromatic N) is 4. The standard InChI is InChI=1S/C16H28N6O/c1-11-4-3-9-21(14(11)10-17)16(23)15-12(2)22(20-19-15)13-5-7-18-8-6-13/h11,13-14,18H,3-10,17H2,1-2H3/t11-,14-/m1/s1. The summed E-state index contributed by atoms with van der Waals surface area (Å²) in [7, 11) is 0. The summed E-state index contributed by atoms with van der Waals surface area (Å²) in [5.41, 5.74) is 7.30. The third-order valence-electron chi connectivity index (χ3n) is 5.40. The quantitative estimate of drug-likeness (QED) is 0.856. The molecule has 1 aromatic heterocycles. The molecular weight excluding hydrogens is 292 g/mol. The second-order valence-electron chi connectivity index (χ2n) is 6.87. The highest BCUT2D eigenvalue weighted by molar-refractivity contribution is 5.93. The molecule has 1 amide bonds. The monoisotopic (exact) mass is 320 g/mol. The molecule has 0 radical (unpaired) electrons. The van der Waals surface area contributed by atoms with Crippen molar-refractivity contribution in [2.24, 2.45) is 11.7 Å². The molecule has 3 heterocycles. The van der Waals surface area contributed by atoms with Gasteiger partial charge >= 0.3 is 0 Å². The number of nitrogens with one attached hydrogen (secondary N) is 1. The van der Waals surface area contributed by atoms with E-state index in [0.717, 1.165) is 51.0 Å². The fraction of sp³-hybridized carbons (Fsp3) is 0.812. The molecule has 3 rings (SSSR count). The minimum absolute atomic E-state index is 0.00955. The van der Waals surface area contributed by atoms with Crippen molar-refractivity contribution in [1.82, 2.24) is 25.2 Å². The van der Waals surface area contributed by atoms with Gasteiger partial charge in [-0.05, 0) is 51.6 Å². The molecule has 23 heavy (non-hydrogen) atoms. The molecule has 2 fully saturated rings. The number of piperidine rings is 2. The predicted molar refractivity (Wildman–Crippen MR) is 88.2 cm³/mol. The molecule has 2 aliphatic heterocycles. The van der Waals surface area contributed by atoms with Crippen LogP contribution in [-0.2, 0) is 0 Å². The van der Waals surface area contributed by atoms with Crippen LogP contribution >= 0.6 is 0 Å². The number of hydrogen-bond donors (Lipinski definition) is 2. The van der Waals surface area contributed by atoms with Gasteiger partial charge in [-0.15, -0.1) is 5.10 Å². The number of aromatic nitrogens is 3. The second-order valence-corrected chi connectivity index (χ2v) is 6.87. The Hall–Kier alpha value is -1.47. The predicted octanol–water partition coefficient (Wildman–Crippen LogP) is 0.710. The van der Waals surface area contributed by atoms with Gasteiger partial charge in [-0.2, -0.15) is 0 Å². The zero-order valence-corrected chi connectivity index (χ0v) is 14.2. The maximum absolute atomic E-state index is 13.0. The van der Waals surface area contributed by atoms with Gasteiger partial charge in [-0.1, -0.05) is 12.1 Å². The minimum Gasteiger partial charge on any atom is -0.333 e. The van der Waals surface area contributed by atoms with E-state index in [1.807, 2.05) is 16.5 Å². The van der Waals surface area contributed by atoms with Crippen molar-refractivity contribution in [1.29, 1.82) is 0 Å². The van der Waals surface area contributed by atoms with Gasteiger partial charge < -0.3 is 16.0 Å². The van der Waals surface area contributed by atoms with E-state index in [-0.39, 0.29) is 11.9 Å². The number of carbonyl (C=O) groups is 1. The van der Waals surface area contributed by atoms with Gasteiger partial charge in [-0.25, -0.2) is 4.68 Å². The third-order valence-corrected chi connectivity index (χ3v) is 5.40. The van der Waals surface area contributed by atoms with Crippen molar-refractivity contribution in [2.45, 2.75) is 51.6 Å². The highest BCUT2D eigenvalue weighted by Gasteiger charge is 2.34. The molecule has 128 valence electrons. The maximum Gasteiger partial charge on any atom is 0.276 e. The summed E-state index contributed by atoms with van der Waals surface area (Å²) in [6.45, 7) is 7.40. The fourth-order valence-corrected chi connectivity index (χ4v) is 3.93. The Bertz CT molecular complexity index is 551. The van der Waals surface area contributed by atoms with Crippen LogP contribution in [0.1, 0.15) is 54.8 Å². The van der Waals surface area contributed by atoms with Gasteiger partial charge in [0.15, 0.2) is 5.69 Å². The number of carbonyl (C=O) groups excluding carboxylic acids is 1. The van der Waals surface area contributed by atoms with Gasteiger partial charge in [0.05, 0.1) is 11.7 Å². The number of hydrogen-bond acceptors (Lipinski definition) is 5. The minimum atomic E-state index is -0.00955. The molecule has 7 nitrogen and oxygen atoms in total. The molecule has 0 spiro atoms. The van der Waals surface area contributed by atoms with Crippen LogP contribution in [0.15, 0.2) is 0 Å². The van der Waals surface area contributed by atoms with E-state index in [4.69, 9.17) is 5.73 Å². The molecule has 7 heteroatoms. The Morgan fingerprint density at radius 3 is 2.78 bits per heavy atom. The van der Waals surface area contributed by atoms with E-state index in [1.165, 1.54) is 0 Å². The SMILES string of the molecule is Cc1c(C(=O)N2CCC[C@@H](C)[C@H]2CN)nnn1C1CCNCC1. The zero-order chi connectivity index (χ0) is 16.4. The first-order chi connectivity index (χ1) is 11.1. The van der Waals surface area contributed by atoms with E-state index in [1.54, 1.807) is 0 Å². The molecular formula is C16H28N6O. The Balaban J connectivity index is 1.80. The van der Waals surface area contributed by atoms with E-state index in [9.17, 15) is 4.79 Å². The van der Waals surface area contributed by atoms with Gasteiger partial charge in [0.2, 0.25) is 0 Å². The van der Waals surface area contributed by atoms with Gasteiger partial charge in [-0.3, -0.25) is 4.79 Å². The van der Waals surface area contributed by atoms with Gasteiger partial charge in [0, 0.05) is 19.1 Å². The Morgan fingerprint density at radius 1 is 1.35 bits per heavy atom. The molecule has 3 N–H and O–H groups in total. The summed E-state index contributed by atoms with van der Waals surface area (Å²) in [5.74, 6) is 0.433. The van der Waals surface area contributed by atoms with Crippen LogP contribution < -0.4 is 11.1 Å². The van der Waals surface area contributed by atoms with Crippen LogP contribution in [0.3, 0.4) is 0 Å². The maximum atomic E-state index is 13.0. The van der Waals surface area contributed by atoms with Gasteiger partial charge in [0.25, 0.3) is 5.91 Å². The third kappa shape index (κ3) is 3.12. The first-order valence-corrected chi connectivity index (χ1v) is 8.77. The molecule has 0 saturated carbocycles. The average molecular weight is 320 g/mol. The molecule has 0 aromatic carbocycles. The fourth-order valence-electron chi connectivity index (χ4n) is 3.93. The van der Waals surface area contributed by atoms with Crippen LogP contribution in [0.5, 0.6) is 0 Å². The normalized spacial score (nSPS) is 26.5. The van der Waals surface area contributed by atoms with E-state index in [2.05, 4.69) is 22.6 Å². The van der Waals surface area contributed by atoms with Crippen LogP contribution in [0.25, 0.3) is 0 Å². The summed E-state index contributed by atoms with van der Waals surface area (Å²) in [5, 5.41) is 11.9. The number of rotatable bonds is 3. The van der Waals surface area contributed by atoms with Crippen LogP contribution in [0.4, 0.5) is 0 Å². The van der Waals surface area contributed by atoms with Crippen LogP contribution in [-0.4, -0.2) is 58.0 Å². The van der Waals surface area contributed by atoms with E-state index < -0.39 is 0 Å².